The molecule has 0 spiro atoms. The second-order valence-electron chi connectivity index (χ2n) is 4.04. The molecule has 106 valence electrons. The van der Waals surface area contributed by atoms with Crippen molar-refractivity contribution in [1.82, 2.24) is 9.97 Å². The molecule has 2 aromatic rings. The van der Waals surface area contributed by atoms with Crippen LogP contribution in [0.15, 0.2) is 30.5 Å². The van der Waals surface area contributed by atoms with Crippen molar-refractivity contribution in [3.63, 3.8) is 0 Å². The lowest BCUT2D eigenvalue weighted by Crippen LogP contribution is -2.08. The van der Waals surface area contributed by atoms with Crippen molar-refractivity contribution >= 4 is 17.4 Å². The van der Waals surface area contributed by atoms with Crippen LogP contribution in [0.3, 0.4) is 0 Å². The molecular formula is C14H16ClN3O2. The van der Waals surface area contributed by atoms with E-state index in [0.29, 0.717) is 17.4 Å². The lowest BCUT2D eigenvalue weighted by molar-refractivity contribution is 0.380. The molecule has 0 saturated heterocycles. The number of anilines is 1. The number of ether oxygens (including phenoxy) is 2. The van der Waals surface area contributed by atoms with Crippen molar-refractivity contribution in [1.29, 1.82) is 0 Å². The van der Waals surface area contributed by atoms with Gasteiger partial charge in [0.1, 0.15) is 10.8 Å². The van der Waals surface area contributed by atoms with E-state index in [0.717, 1.165) is 17.7 Å². The highest BCUT2D eigenvalue weighted by molar-refractivity contribution is 6.32. The molecule has 1 heterocycles. The summed E-state index contributed by atoms with van der Waals surface area (Å²) in [7, 11) is 3.18. The van der Waals surface area contributed by atoms with Gasteiger partial charge < -0.3 is 14.8 Å². The van der Waals surface area contributed by atoms with E-state index < -0.39 is 0 Å². The molecule has 1 aromatic carbocycles. The number of methoxy groups -OCH3 is 2. The van der Waals surface area contributed by atoms with Crippen LogP contribution >= 0.6 is 11.6 Å². The van der Waals surface area contributed by atoms with Crippen LogP contribution in [0.5, 0.6) is 11.8 Å². The third-order valence-corrected chi connectivity index (χ3v) is 3.06. The Bertz CT molecular complexity index is 578. The average Bonchev–Trinajstić information content (AvgIpc) is 2.49. The number of nitrogens with zero attached hydrogens (tertiary/aromatic N) is 2. The smallest absolute Gasteiger partial charge is 0.318 e. The molecule has 1 aromatic heterocycles. The van der Waals surface area contributed by atoms with Crippen LogP contribution < -0.4 is 14.8 Å². The molecule has 0 aliphatic carbocycles. The van der Waals surface area contributed by atoms with Gasteiger partial charge >= 0.3 is 6.01 Å². The highest BCUT2D eigenvalue weighted by atomic mass is 35.5. The molecule has 0 aliphatic heterocycles. The van der Waals surface area contributed by atoms with Gasteiger partial charge in [0.05, 0.1) is 20.4 Å². The van der Waals surface area contributed by atoms with E-state index in [-0.39, 0.29) is 6.01 Å². The van der Waals surface area contributed by atoms with Crippen molar-refractivity contribution in [2.24, 2.45) is 0 Å². The quantitative estimate of drug-likeness (QED) is 0.887. The zero-order valence-corrected chi connectivity index (χ0v) is 12.1. The Balaban J connectivity index is 1.99. The van der Waals surface area contributed by atoms with Crippen molar-refractivity contribution in [2.75, 3.05) is 26.1 Å². The molecule has 0 saturated carbocycles. The second-order valence-corrected chi connectivity index (χ2v) is 4.45. The van der Waals surface area contributed by atoms with Crippen LogP contribution in [-0.2, 0) is 6.42 Å². The summed E-state index contributed by atoms with van der Waals surface area (Å²) in [5.74, 6) is 1.44. The highest BCUT2D eigenvalue weighted by Crippen LogP contribution is 2.21. The Morgan fingerprint density at radius 1 is 1.20 bits per heavy atom. The van der Waals surface area contributed by atoms with Crippen LogP contribution in [0.2, 0.25) is 5.02 Å². The van der Waals surface area contributed by atoms with E-state index in [1.807, 2.05) is 24.3 Å². The monoisotopic (exact) mass is 293 g/mol. The molecule has 6 heteroatoms. The Kier molecular flexibility index (Phi) is 5.01. The Morgan fingerprint density at radius 2 is 2.00 bits per heavy atom. The lowest BCUT2D eigenvalue weighted by Gasteiger charge is -2.10. The van der Waals surface area contributed by atoms with Gasteiger partial charge in [-0.25, -0.2) is 4.98 Å². The summed E-state index contributed by atoms with van der Waals surface area (Å²) in [6.07, 6.45) is 2.31. The Hall–Kier alpha value is -2.01. The number of aromatic nitrogens is 2. The molecule has 0 aliphatic rings. The third kappa shape index (κ3) is 3.51. The molecule has 0 amide bonds. The normalized spacial score (nSPS) is 10.2. The minimum Gasteiger partial charge on any atom is -0.496 e. The molecule has 0 atom stereocenters. The first-order valence-electron chi connectivity index (χ1n) is 6.17. The van der Waals surface area contributed by atoms with Crippen molar-refractivity contribution < 1.29 is 9.47 Å². The zero-order chi connectivity index (χ0) is 14.4. The predicted octanol–water partition coefficient (Wildman–Crippen LogP) is 2.80. The van der Waals surface area contributed by atoms with E-state index >= 15 is 0 Å². The molecule has 0 bridgehead atoms. The van der Waals surface area contributed by atoms with E-state index in [2.05, 4.69) is 15.3 Å². The van der Waals surface area contributed by atoms with Gasteiger partial charge in [0.25, 0.3) is 0 Å². The largest absolute Gasteiger partial charge is 0.496 e. The summed E-state index contributed by atoms with van der Waals surface area (Å²) >= 11 is 6.03. The minimum atomic E-state index is 0.286. The van der Waals surface area contributed by atoms with Gasteiger partial charge in [-0.15, -0.1) is 0 Å². The summed E-state index contributed by atoms with van der Waals surface area (Å²) in [5.41, 5.74) is 1.12. The number of halogens is 1. The molecule has 2 rings (SSSR count). The molecule has 5 nitrogen and oxygen atoms in total. The fourth-order valence-electron chi connectivity index (χ4n) is 1.80. The lowest BCUT2D eigenvalue weighted by atomic mass is 10.1. The summed E-state index contributed by atoms with van der Waals surface area (Å²) < 4.78 is 10.3. The zero-order valence-electron chi connectivity index (χ0n) is 11.4. The maximum atomic E-state index is 6.03. The predicted molar refractivity (Wildman–Crippen MR) is 78.8 cm³/mol. The minimum absolute atomic E-state index is 0.286. The fourth-order valence-corrected chi connectivity index (χ4v) is 1.96. The first-order chi connectivity index (χ1) is 9.74. The van der Waals surface area contributed by atoms with Crippen LogP contribution in [-0.4, -0.2) is 30.7 Å². The first-order valence-corrected chi connectivity index (χ1v) is 6.54. The SMILES string of the molecule is COc1ncc(Cl)c(NCCc2ccccc2OC)n1. The maximum absolute atomic E-state index is 6.03. The van der Waals surface area contributed by atoms with Gasteiger partial charge in [-0.3, -0.25) is 0 Å². The van der Waals surface area contributed by atoms with Crippen LogP contribution in [0, 0.1) is 0 Å². The number of para-hydroxylation sites is 1. The van der Waals surface area contributed by atoms with Crippen LogP contribution in [0.25, 0.3) is 0 Å². The van der Waals surface area contributed by atoms with E-state index in [1.165, 1.54) is 13.3 Å². The van der Waals surface area contributed by atoms with Gasteiger partial charge in [0.15, 0.2) is 5.82 Å². The maximum Gasteiger partial charge on any atom is 0.318 e. The van der Waals surface area contributed by atoms with Gasteiger partial charge in [-0.1, -0.05) is 29.8 Å². The molecular weight excluding hydrogens is 278 g/mol. The van der Waals surface area contributed by atoms with Gasteiger partial charge in [-0.05, 0) is 18.1 Å². The number of hydrogen-bond acceptors (Lipinski definition) is 5. The molecule has 0 fully saturated rings. The molecule has 0 unspecified atom stereocenters. The van der Waals surface area contributed by atoms with Gasteiger partial charge in [-0.2, -0.15) is 4.98 Å². The summed E-state index contributed by atoms with van der Waals surface area (Å²) in [4.78, 5) is 8.08. The average molecular weight is 294 g/mol. The Labute approximate surface area is 122 Å². The van der Waals surface area contributed by atoms with Crippen molar-refractivity contribution in [3.8, 4) is 11.8 Å². The fraction of sp³-hybridized carbons (Fsp3) is 0.286. The summed E-state index contributed by atoms with van der Waals surface area (Å²) in [6, 6.07) is 8.19. The standard InChI is InChI=1S/C14H16ClN3O2/c1-19-12-6-4-3-5-10(12)7-8-16-13-11(15)9-17-14(18-13)20-2/h3-6,9H,7-8H2,1-2H3,(H,16,17,18). The van der Waals surface area contributed by atoms with E-state index in [4.69, 9.17) is 21.1 Å². The van der Waals surface area contributed by atoms with Gasteiger partial charge in [0, 0.05) is 6.54 Å². The molecule has 20 heavy (non-hydrogen) atoms. The topological polar surface area (TPSA) is 56.3 Å². The van der Waals surface area contributed by atoms with Gasteiger partial charge in [0.2, 0.25) is 0 Å². The van der Waals surface area contributed by atoms with Crippen molar-refractivity contribution in [2.45, 2.75) is 6.42 Å². The van der Waals surface area contributed by atoms with E-state index in [9.17, 15) is 0 Å². The number of hydrogen-bond donors (Lipinski definition) is 1. The summed E-state index contributed by atoms with van der Waals surface area (Å²) in [5, 5.41) is 3.63. The Morgan fingerprint density at radius 3 is 2.75 bits per heavy atom. The highest BCUT2D eigenvalue weighted by Gasteiger charge is 2.06. The van der Waals surface area contributed by atoms with E-state index in [1.54, 1.807) is 7.11 Å². The van der Waals surface area contributed by atoms with Crippen LogP contribution in [0.4, 0.5) is 5.82 Å². The number of rotatable bonds is 6. The van der Waals surface area contributed by atoms with Crippen LogP contribution in [0.1, 0.15) is 5.56 Å². The molecule has 0 radical (unpaired) electrons. The molecule has 1 N–H and O–H groups in total. The third-order valence-electron chi connectivity index (χ3n) is 2.78. The first kappa shape index (κ1) is 14.4. The number of nitrogens with one attached hydrogen (secondary N) is 1. The number of benzene rings is 1. The second kappa shape index (κ2) is 6.96. The summed E-state index contributed by atoms with van der Waals surface area (Å²) in [6.45, 7) is 0.681. The van der Waals surface area contributed by atoms with Crippen molar-refractivity contribution in [3.05, 3.63) is 41.0 Å².